The van der Waals surface area contributed by atoms with Gasteiger partial charge in [-0.15, -0.1) is 0 Å². The monoisotopic (exact) mass is 447 g/mol. The van der Waals surface area contributed by atoms with Crippen LogP contribution in [-0.2, 0) is 13.0 Å². The van der Waals surface area contributed by atoms with Gasteiger partial charge >= 0.3 is 5.97 Å². The van der Waals surface area contributed by atoms with Crippen LogP contribution in [0.25, 0.3) is 16.6 Å². The van der Waals surface area contributed by atoms with Gasteiger partial charge in [-0.2, -0.15) is 0 Å². The van der Waals surface area contributed by atoms with Gasteiger partial charge < -0.3 is 19.5 Å². The van der Waals surface area contributed by atoms with Crippen molar-refractivity contribution in [2.45, 2.75) is 26.3 Å². The molecule has 33 heavy (non-hydrogen) atoms. The number of hydrogen-bond donors (Lipinski definition) is 1. The van der Waals surface area contributed by atoms with E-state index in [4.69, 9.17) is 0 Å². The number of carboxylic acid groups (broad SMARTS) is 1. The van der Waals surface area contributed by atoms with Gasteiger partial charge in [-0.3, -0.25) is 4.79 Å². The Balaban J connectivity index is 1.44. The molecule has 1 aromatic heterocycles. The second-order valence-electron chi connectivity index (χ2n) is 8.54. The maximum Gasteiger partial charge on any atom is 0.341 e. The normalized spacial score (nSPS) is 16.0. The first-order valence-corrected chi connectivity index (χ1v) is 11.4. The number of carboxylic acids is 1. The Kier molecular flexibility index (Phi) is 5.40. The number of nitrogens with zero attached hydrogens (tertiary/aromatic N) is 3. The number of rotatable bonds is 4. The molecule has 0 amide bonds. The summed E-state index contributed by atoms with van der Waals surface area (Å²) in [5.74, 6) is -1.80. The standard InChI is InChI=1S/C26H26FN3O3/c1-2-28-16-20(26(32)33)25(31)19-14-21(27)24(15-23(19)28)30-12-10-29(11-13-30)22-9-5-7-17-6-3-4-8-18(17)22/h3-4,6,8-9,14-16H,2,5,7,10-13H2,1H3,(H,32,33). The SMILES string of the molecule is CCn1cc(C(=O)O)c(=O)c2cc(F)c(N3CCN(C4=CCCc5ccccc54)CC3)cc21. The highest BCUT2D eigenvalue weighted by Crippen LogP contribution is 2.31. The van der Waals surface area contributed by atoms with Crippen molar-refractivity contribution in [1.82, 2.24) is 9.47 Å². The first-order chi connectivity index (χ1) is 16.0. The van der Waals surface area contributed by atoms with Crippen molar-refractivity contribution in [3.8, 4) is 0 Å². The maximum atomic E-state index is 15.1. The van der Waals surface area contributed by atoms with E-state index in [1.54, 1.807) is 10.6 Å². The van der Waals surface area contributed by atoms with E-state index >= 15 is 4.39 Å². The van der Waals surface area contributed by atoms with Crippen LogP contribution < -0.4 is 10.3 Å². The predicted octanol–water partition coefficient (Wildman–Crippen LogP) is 3.97. The number of halogens is 1. The molecule has 170 valence electrons. The number of aryl methyl sites for hydroxylation is 2. The molecule has 7 heteroatoms. The molecule has 0 radical (unpaired) electrons. The van der Waals surface area contributed by atoms with Crippen molar-refractivity contribution in [3.63, 3.8) is 0 Å². The van der Waals surface area contributed by atoms with E-state index in [1.165, 1.54) is 29.1 Å². The average Bonchev–Trinajstić information content (AvgIpc) is 2.84. The summed E-state index contributed by atoms with van der Waals surface area (Å²) >= 11 is 0. The Bertz CT molecular complexity index is 1340. The van der Waals surface area contributed by atoms with E-state index < -0.39 is 17.2 Å². The quantitative estimate of drug-likeness (QED) is 0.656. The molecule has 1 N–H and O–H groups in total. The Morgan fingerprint density at radius 3 is 2.55 bits per heavy atom. The van der Waals surface area contributed by atoms with Crippen molar-refractivity contribution in [3.05, 3.63) is 81.4 Å². The second-order valence-corrected chi connectivity index (χ2v) is 8.54. The molecule has 1 aliphatic heterocycles. The summed E-state index contributed by atoms with van der Waals surface area (Å²) in [6, 6.07) is 11.4. The minimum Gasteiger partial charge on any atom is -0.477 e. The first-order valence-electron chi connectivity index (χ1n) is 11.4. The van der Waals surface area contributed by atoms with E-state index in [0.29, 0.717) is 30.8 Å². The van der Waals surface area contributed by atoms with Gasteiger partial charge in [-0.25, -0.2) is 9.18 Å². The molecule has 3 aromatic rings. The fraction of sp³-hybridized carbons (Fsp3) is 0.308. The minimum absolute atomic E-state index is 0.0978. The molecule has 0 spiro atoms. The molecule has 0 bridgehead atoms. The van der Waals surface area contributed by atoms with Gasteiger partial charge in [0.2, 0.25) is 5.43 Å². The molecule has 2 aromatic carbocycles. The minimum atomic E-state index is -1.30. The van der Waals surface area contributed by atoms with Crippen LogP contribution in [0.5, 0.6) is 0 Å². The van der Waals surface area contributed by atoms with Gasteiger partial charge in [0.25, 0.3) is 0 Å². The van der Waals surface area contributed by atoms with Crippen LogP contribution in [-0.4, -0.2) is 46.7 Å². The lowest BCUT2D eigenvalue weighted by atomic mass is 9.93. The van der Waals surface area contributed by atoms with Crippen LogP contribution in [0, 0.1) is 5.82 Å². The summed E-state index contributed by atoms with van der Waals surface area (Å²) in [5, 5.41) is 9.44. The number of pyridine rings is 1. The fourth-order valence-corrected chi connectivity index (χ4v) is 5.01. The van der Waals surface area contributed by atoms with Crippen molar-refractivity contribution in [2.75, 3.05) is 31.1 Å². The van der Waals surface area contributed by atoms with Crippen LogP contribution in [0.3, 0.4) is 0 Å². The second kappa shape index (κ2) is 8.39. The highest BCUT2D eigenvalue weighted by atomic mass is 19.1. The van der Waals surface area contributed by atoms with Crippen LogP contribution in [0.1, 0.15) is 34.8 Å². The smallest absolute Gasteiger partial charge is 0.341 e. The predicted molar refractivity (Wildman–Crippen MR) is 127 cm³/mol. The number of anilines is 1. The Morgan fingerprint density at radius 2 is 1.82 bits per heavy atom. The first kappa shape index (κ1) is 21.2. The molecule has 1 saturated heterocycles. The molecule has 0 atom stereocenters. The van der Waals surface area contributed by atoms with Crippen molar-refractivity contribution in [2.24, 2.45) is 0 Å². The summed E-state index contributed by atoms with van der Waals surface area (Å²) in [5.41, 5.74) is 3.93. The topological polar surface area (TPSA) is 65.8 Å². The van der Waals surface area contributed by atoms with Crippen LogP contribution in [0.2, 0.25) is 0 Å². The highest BCUT2D eigenvalue weighted by molar-refractivity contribution is 5.93. The van der Waals surface area contributed by atoms with E-state index in [-0.39, 0.29) is 10.9 Å². The summed E-state index contributed by atoms with van der Waals surface area (Å²) < 4.78 is 16.8. The van der Waals surface area contributed by atoms with Crippen molar-refractivity contribution in [1.29, 1.82) is 0 Å². The van der Waals surface area contributed by atoms with E-state index in [0.717, 1.165) is 25.9 Å². The number of hydrogen-bond acceptors (Lipinski definition) is 4. The van der Waals surface area contributed by atoms with Crippen LogP contribution in [0.15, 0.2) is 53.5 Å². The third-order valence-corrected chi connectivity index (χ3v) is 6.73. The lowest BCUT2D eigenvalue weighted by Crippen LogP contribution is -2.46. The Morgan fingerprint density at radius 1 is 1.09 bits per heavy atom. The number of allylic oxidation sites excluding steroid dienone is 1. The van der Waals surface area contributed by atoms with Gasteiger partial charge in [0, 0.05) is 55.6 Å². The summed E-state index contributed by atoms with van der Waals surface area (Å²) in [6.07, 6.45) is 5.73. The summed E-state index contributed by atoms with van der Waals surface area (Å²) in [6.45, 7) is 5.21. The van der Waals surface area contributed by atoms with Gasteiger partial charge in [0.1, 0.15) is 11.4 Å². The molecule has 2 aliphatic rings. The third-order valence-electron chi connectivity index (χ3n) is 6.73. The fourth-order valence-electron chi connectivity index (χ4n) is 5.01. The number of benzene rings is 2. The number of fused-ring (bicyclic) bond motifs is 2. The lowest BCUT2D eigenvalue weighted by Gasteiger charge is -2.40. The van der Waals surface area contributed by atoms with Crippen LogP contribution >= 0.6 is 0 Å². The lowest BCUT2D eigenvalue weighted by molar-refractivity contribution is 0.0695. The molecule has 0 saturated carbocycles. The number of aromatic carboxylic acids is 1. The van der Waals surface area contributed by atoms with Gasteiger partial charge in [0.15, 0.2) is 0 Å². The van der Waals surface area contributed by atoms with Crippen molar-refractivity contribution >= 4 is 28.3 Å². The van der Waals surface area contributed by atoms with Gasteiger partial charge in [-0.05, 0) is 37.5 Å². The number of carbonyl (C=O) groups is 1. The van der Waals surface area contributed by atoms with Gasteiger partial charge in [0.05, 0.1) is 11.2 Å². The van der Waals surface area contributed by atoms with E-state index in [9.17, 15) is 14.7 Å². The summed E-state index contributed by atoms with van der Waals surface area (Å²) in [4.78, 5) is 28.4. The van der Waals surface area contributed by atoms with Crippen LogP contribution in [0.4, 0.5) is 10.1 Å². The molecule has 5 rings (SSSR count). The number of aromatic nitrogens is 1. The van der Waals surface area contributed by atoms with E-state index in [2.05, 4.69) is 35.2 Å². The third kappa shape index (κ3) is 3.67. The zero-order valence-corrected chi connectivity index (χ0v) is 18.6. The zero-order valence-electron chi connectivity index (χ0n) is 18.6. The molecule has 2 heterocycles. The molecule has 0 unspecified atom stereocenters. The van der Waals surface area contributed by atoms with Crippen molar-refractivity contribution < 1.29 is 14.3 Å². The maximum absolute atomic E-state index is 15.1. The molecule has 1 fully saturated rings. The zero-order chi connectivity index (χ0) is 23.1. The largest absolute Gasteiger partial charge is 0.477 e. The molecule has 6 nitrogen and oxygen atoms in total. The molecule has 1 aliphatic carbocycles. The summed E-state index contributed by atoms with van der Waals surface area (Å²) in [7, 11) is 0. The molecular weight excluding hydrogens is 421 g/mol. The number of piperazine rings is 1. The average molecular weight is 448 g/mol. The Labute approximate surface area is 191 Å². The van der Waals surface area contributed by atoms with Gasteiger partial charge in [-0.1, -0.05) is 30.3 Å². The van der Waals surface area contributed by atoms with E-state index in [1.807, 2.05) is 11.8 Å². The highest BCUT2D eigenvalue weighted by Gasteiger charge is 2.25. The molecular formula is C26H26FN3O3. The Hall–Kier alpha value is -3.61.